The van der Waals surface area contributed by atoms with Crippen molar-refractivity contribution in [3.63, 3.8) is 0 Å². The molecule has 0 heterocycles. The molecule has 0 amide bonds. The molecule has 0 aromatic heterocycles. The van der Waals surface area contributed by atoms with E-state index in [0.717, 1.165) is 0 Å². The molecule has 0 aliphatic heterocycles. The maximum atomic E-state index is 10.0. The summed E-state index contributed by atoms with van der Waals surface area (Å²) in [4.78, 5) is 10.0. The molecule has 0 unspecified atom stereocenters. The normalized spacial score (nSPS) is 7.33. The van der Waals surface area contributed by atoms with Gasteiger partial charge >= 0.3 is 29.2 Å². The third-order valence-electron chi connectivity index (χ3n) is 0.478. The minimum atomic E-state index is -0.765. The number of carbonyl (C=O) groups is 1. The van der Waals surface area contributed by atoms with Crippen molar-refractivity contribution in [1.29, 1.82) is 0 Å². The van der Waals surface area contributed by atoms with Crippen molar-refractivity contribution in [2.75, 3.05) is 20.3 Å². The van der Waals surface area contributed by atoms with Crippen molar-refractivity contribution in [3.05, 3.63) is 0 Å². The van der Waals surface area contributed by atoms with E-state index in [4.69, 9.17) is 5.11 Å². The second-order valence-corrected chi connectivity index (χ2v) is 1.03. The molecule has 1 N–H and O–H groups in total. The third-order valence-corrected chi connectivity index (χ3v) is 0.478. The van der Waals surface area contributed by atoms with Gasteiger partial charge in [0, 0.05) is 0 Å². The van der Waals surface area contributed by atoms with E-state index in [1.165, 1.54) is 7.11 Å². The van der Waals surface area contributed by atoms with Crippen LogP contribution in [0.1, 0.15) is 0 Å². The zero-order valence-corrected chi connectivity index (χ0v) is 4.59. The van der Waals surface area contributed by atoms with Gasteiger partial charge in [-0.05, 0) is 0 Å². The summed E-state index contributed by atoms with van der Waals surface area (Å²) in [5.74, 6) is 0. The summed E-state index contributed by atoms with van der Waals surface area (Å²) in [6, 6.07) is 0. The van der Waals surface area contributed by atoms with Crippen molar-refractivity contribution in [2.24, 2.45) is 0 Å². The van der Waals surface area contributed by atoms with Gasteiger partial charge in [-0.15, -0.1) is 0 Å². The van der Waals surface area contributed by atoms with E-state index < -0.39 is 6.16 Å². The molecule has 5 heteroatoms. The van der Waals surface area contributed by atoms with Gasteiger partial charge in [-0.2, -0.15) is 0 Å². The monoisotopic (exact) mass is 146 g/mol. The average molecular weight is 146 g/mol. The van der Waals surface area contributed by atoms with Crippen LogP contribution in [0, 0.1) is 0 Å². The lowest BCUT2D eigenvalue weighted by atomic mass is 10.8. The lowest BCUT2D eigenvalue weighted by Crippen LogP contribution is -2.07. The van der Waals surface area contributed by atoms with Gasteiger partial charge in [-0.25, -0.2) is 4.79 Å². The van der Waals surface area contributed by atoms with Gasteiger partial charge in [0.1, 0.15) is 6.61 Å². The Labute approximate surface area is 69.3 Å². The fraction of sp³-hybridized carbons (Fsp3) is 0.750. The second kappa shape index (κ2) is 8.00. The standard InChI is InChI=1S/C4H8O4.Mg.2H/c1-7-4(6)8-3-2-5;;;/h5H,2-3H2,1H3;;;. The van der Waals surface area contributed by atoms with Crippen LogP contribution < -0.4 is 0 Å². The number of carbonyl (C=O) groups excluding carboxylic acids is 1. The third kappa shape index (κ3) is 8.00. The molecule has 0 rings (SSSR count). The van der Waals surface area contributed by atoms with E-state index in [-0.39, 0.29) is 36.3 Å². The molecule has 0 aliphatic rings. The quantitative estimate of drug-likeness (QED) is 0.395. The largest absolute Gasteiger partial charge is 0.508 e. The van der Waals surface area contributed by atoms with Crippen LogP contribution in [-0.4, -0.2) is 54.6 Å². The Kier molecular flexibility index (Phi) is 10.4. The van der Waals surface area contributed by atoms with Crippen LogP contribution in [0.15, 0.2) is 0 Å². The minimum Gasteiger partial charge on any atom is -0.438 e. The summed E-state index contributed by atoms with van der Waals surface area (Å²) in [5, 5.41) is 8.08. The Morgan fingerprint density at radius 1 is 1.67 bits per heavy atom. The van der Waals surface area contributed by atoms with Crippen molar-refractivity contribution in [2.45, 2.75) is 0 Å². The predicted octanol–water partition coefficient (Wildman–Crippen LogP) is -1.15. The van der Waals surface area contributed by atoms with Crippen LogP contribution in [0.25, 0.3) is 0 Å². The van der Waals surface area contributed by atoms with Crippen molar-refractivity contribution < 1.29 is 19.4 Å². The number of aliphatic hydroxyl groups excluding tert-OH is 1. The van der Waals surface area contributed by atoms with E-state index in [1.807, 2.05) is 0 Å². The smallest absolute Gasteiger partial charge is 0.438 e. The van der Waals surface area contributed by atoms with Crippen molar-refractivity contribution >= 4 is 29.2 Å². The fourth-order valence-electron chi connectivity index (χ4n) is 0.188. The van der Waals surface area contributed by atoms with Crippen LogP contribution in [0.5, 0.6) is 0 Å². The molecule has 0 fully saturated rings. The highest BCUT2D eigenvalue weighted by molar-refractivity contribution is 5.75. The van der Waals surface area contributed by atoms with Crippen LogP contribution in [0.4, 0.5) is 4.79 Å². The minimum absolute atomic E-state index is 0. The molecular weight excluding hydrogens is 136 g/mol. The number of methoxy groups -OCH3 is 1. The van der Waals surface area contributed by atoms with Gasteiger partial charge in [-0.1, -0.05) is 0 Å². The van der Waals surface area contributed by atoms with Gasteiger partial charge < -0.3 is 14.6 Å². The van der Waals surface area contributed by atoms with Crippen LogP contribution in [0.3, 0.4) is 0 Å². The SMILES string of the molecule is COC(=O)OCCO.[MgH2]. The molecule has 0 aromatic rings. The first-order valence-electron chi connectivity index (χ1n) is 2.13. The number of hydrogen-bond acceptors (Lipinski definition) is 4. The Hall–Kier alpha value is -0.00377. The van der Waals surface area contributed by atoms with Gasteiger partial charge in [0.15, 0.2) is 0 Å². The Bertz CT molecular complexity index is 75.0. The molecule has 52 valence electrons. The predicted molar refractivity (Wildman–Crippen MR) is 34.0 cm³/mol. The van der Waals surface area contributed by atoms with Gasteiger partial charge in [0.05, 0.1) is 13.7 Å². The number of rotatable bonds is 2. The molecule has 4 nitrogen and oxygen atoms in total. The fourth-order valence-corrected chi connectivity index (χ4v) is 0.188. The first-order valence-corrected chi connectivity index (χ1v) is 2.13. The highest BCUT2D eigenvalue weighted by atomic mass is 24.3. The van der Waals surface area contributed by atoms with Crippen LogP contribution in [-0.2, 0) is 9.47 Å². The van der Waals surface area contributed by atoms with Crippen molar-refractivity contribution in [3.8, 4) is 0 Å². The van der Waals surface area contributed by atoms with Gasteiger partial charge in [0.25, 0.3) is 0 Å². The molecule has 0 atom stereocenters. The average Bonchev–Trinajstić information content (AvgIpc) is 1.83. The summed E-state index contributed by atoms with van der Waals surface area (Å²) < 4.78 is 8.31. The van der Waals surface area contributed by atoms with E-state index in [2.05, 4.69) is 9.47 Å². The number of aliphatic hydroxyl groups is 1. The van der Waals surface area contributed by atoms with E-state index >= 15 is 0 Å². The van der Waals surface area contributed by atoms with Crippen LogP contribution in [0.2, 0.25) is 0 Å². The number of hydrogen-bond donors (Lipinski definition) is 1. The molecule has 0 aliphatic carbocycles. The summed E-state index contributed by atoms with van der Waals surface area (Å²) in [7, 11) is 1.21. The maximum absolute atomic E-state index is 10.0. The van der Waals surface area contributed by atoms with Gasteiger partial charge in [0.2, 0.25) is 0 Å². The molecule has 9 heavy (non-hydrogen) atoms. The molecule has 0 saturated heterocycles. The molecule has 0 aromatic carbocycles. The maximum Gasteiger partial charge on any atom is 0.508 e. The van der Waals surface area contributed by atoms with E-state index in [1.54, 1.807) is 0 Å². The molecule has 0 radical (unpaired) electrons. The summed E-state index contributed by atoms with van der Waals surface area (Å²) in [6.45, 7) is -0.179. The zero-order valence-electron chi connectivity index (χ0n) is 4.59. The Balaban J connectivity index is 0. The highest BCUT2D eigenvalue weighted by Crippen LogP contribution is 1.78. The van der Waals surface area contributed by atoms with Gasteiger partial charge in [-0.3, -0.25) is 0 Å². The summed E-state index contributed by atoms with van der Waals surface area (Å²) >= 11 is 0. The molecule has 0 bridgehead atoms. The first kappa shape index (κ1) is 11.8. The van der Waals surface area contributed by atoms with Crippen LogP contribution >= 0.6 is 0 Å². The van der Waals surface area contributed by atoms with E-state index in [9.17, 15) is 4.79 Å². The second-order valence-electron chi connectivity index (χ2n) is 1.03. The highest BCUT2D eigenvalue weighted by Gasteiger charge is 1.95. The lowest BCUT2D eigenvalue weighted by molar-refractivity contribution is 0.0585. The Morgan fingerprint density at radius 3 is 2.56 bits per heavy atom. The first-order chi connectivity index (χ1) is 3.81. The Morgan fingerprint density at radius 2 is 2.22 bits per heavy atom. The summed E-state index contributed by atoms with van der Waals surface area (Å²) in [5.41, 5.74) is 0. The molecular formula is C4H10MgO4. The van der Waals surface area contributed by atoms with Crippen molar-refractivity contribution in [1.82, 2.24) is 0 Å². The molecule has 0 saturated carbocycles. The zero-order chi connectivity index (χ0) is 6.41. The number of ether oxygens (including phenoxy) is 2. The lowest BCUT2D eigenvalue weighted by Gasteiger charge is -1.97. The topological polar surface area (TPSA) is 55.8 Å². The molecule has 0 spiro atoms. The summed E-state index contributed by atoms with van der Waals surface area (Å²) in [6.07, 6.45) is -0.765. The van der Waals surface area contributed by atoms with E-state index in [0.29, 0.717) is 0 Å².